The maximum Gasteiger partial charge on any atom is 0.312 e. The van der Waals surface area contributed by atoms with Gasteiger partial charge in [0.05, 0.1) is 5.92 Å². The SMILES string of the molecule is NC(=O)NCCNC(=O)C1CCCC(C(=O)O)C1. The lowest BCUT2D eigenvalue weighted by Crippen LogP contribution is -2.40. The fraction of sp³-hybridized carbons (Fsp3) is 0.727. The van der Waals surface area contributed by atoms with E-state index in [2.05, 4.69) is 10.6 Å². The summed E-state index contributed by atoms with van der Waals surface area (Å²) in [6.07, 6.45) is 2.51. The zero-order chi connectivity index (χ0) is 13.5. The van der Waals surface area contributed by atoms with Gasteiger partial charge in [-0.3, -0.25) is 9.59 Å². The Balaban J connectivity index is 2.28. The van der Waals surface area contributed by atoms with Crippen LogP contribution in [0.5, 0.6) is 0 Å². The first-order valence-electron chi connectivity index (χ1n) is 6.04. The van der Waals surface area contributed by atoms with Gasteiger partial charge in [0.25, 0.3) is 0 Å². The number of carboxylic acid groups (broad SMARTS) is 1. The number of hydrogen-bond donors (Lipinski definition) is 4. The summed E-state index contributed by atoms with van der Waals surface area (Å²) in [6.45, 7) is 0.576. The van der Waals surface area contributed by atoms with Crippen molar-refractivity contribution in [2.45, 2.75) is 25.7 Å². The zero-order valence-corrected chi connectivity index (χ0v) is 10.1. The highest BCUT2D eigenvalue weighted by molar-refractivity contribution is 5.80. The highest BCUT2D eigenvalue weighted by Crippen LogP contribution is 2.29. The summed E-state index contributed by atoms with van der Waals surface area (Å²) < 4.78 is 0. The van der Waals surface area contributed by atoms with Crippen molar-refractivity contribution in [3.05, 3.63) is 0 Å². The first-order valence-corrected chi connectivity index (χ1v) is 6.04. The summed E-state index contributed by atoms with van der Waals surface area (Å²) in [5, 5.41) is 13.9. The van der Waals surface area contributed by atoms with Gasteiger partial charge >= 0.3 is 12.0 Å². The molecule has 1 aliphatic rings. The Labute approximate surface area is 105 Å². The minimum Gasteiger partial charge on any atom is -0.481 e. The van der Waals surface area contributed by atoms with E-state index in [1.165, 1.54) is 0 Å². The number of urea groups is 1. The van der Waals surface area contributed by atoms with Gasteiger partial charge in [0.15, 0.2) is 0 Å². The molecule has 0 bridgehead atoms. The molecule has 1 fully saturated rings. The molecule has 1 saturated carbocycles. The average molecular weight is 257 g/mol. The number of hydrogen-bond acceptors (Lipinski definition) is 3. The topological polar surface area (TPSA) is 122 Å². The molecular weight excluding hydrogens is 238 g/mol. The van der Waals surface area contributed by atoms with Gasteiger partial charge in [-0.1, -0.05) is 6.42 Å². The van der Waals surface area contributed by atoms with Crippen molar-refractivity contribution in [3.8, 4) is 0 Å². The van der Waals surface area contributed by atoms with Crippen LogP contribution in [0.25, 0.3) is 0 Å². The fourth-order valence-electron chi connectivity index (χ4n) is 2.17. The van der Waals surface area contributed by atoms with Crippen molar-refractivity contribution in [2.24, 2.45) is 17.6 Å². The second kappa shape index (κ2) is 6.83. The molecule has 1 rings (SSSR count). The number of rotatable bonds is 5. The molecule has 0 aromatic rings. The van der Waals surface area contributed by atoms with Crippen LogP contribution in [0, 0.1) is 11.8 Å². The molecule has 0 spiro atoms. The van der Waals surface area contributed by atoms with Crippen molar-refractivity contribution >= 4 is 17.9 Å². The van der Waals surface area contributed by atoms with Crippen LogP contribution in [-0.2, 0) is 9.59 Å². The predicted octanol–water partition coefficient (Wildman–Crippen LogP) is -0.338. The van der Waals surface area contributed by atoms with Crippen LogP contribution in [0.2, 0.25) is 0 Å². The molecule has 0 radical (unpaired) electrons. The lowest BCUT2D eigenvalue weighted by Gasteiger charge is -2.25. The van der Waals surface area contributed by atoms with Crippen LogP contribution in [0.4, 0.5) is 4.79 Å². The number of primary amides is 1. The molecule has 3 amide bonds. The van der Waals surface area contributed by atoms with Gasteiger partial charge in [-0.25, -0.2) is 4.79 Å². The number of nitrogens with one attached hydrogen (secondary N) is 2. The molecule has 102 valence electrons. The maximum atomic E-state index is 11.8. The third-order valence-corrected chi connectivity index (χ3v) is 3.12. The molecule has 0 aliphatic heterocycles. The highest BCUT2D eigenvalue weighted by atomic mass is 16.4. The highest BCUT2D eigenvalue weighted by Gasteiger charge is 2.30. The van der Waals surface area contributed by atoms with Crippen LogP contribution in [-0.4, -0.2) is 36.1 Å². The fourth-order valence-corrected chi connectivity index (χ4v) is 2.17. The van der Waals surface area contributed by atoms with Crippen LogP contribution >= 0.6 is 0 Å². The Bertz CT molecular complexity index is 332. The molecule has 1 aliphatic carbocycles. The van der Waals surface area contributed by atoms with E-state index in [0.717, 1.165) is 12.8 Å². The summed E-state index contributed by atoms with van der Waals surface area (Å²) in [5.41, 5.74) is 4.88. The molecule has 0 aromatic carbocycles. The summed E-state index contributed by atoms with van der Waals surface area (Å²) in [5.74, 6) is -1.64. The molecule has 0 aromatic heterocycles. The number of aliphatic carboxylic acids is 1. The van der Waals surface area contributed by atoms with E-state index in [-0.39, 0.29) is 18.4 Å². The van der Waals surface area contributed by atoms with E-state index >= 15 is 0 Å². The van der Waals surface area contributed by atoms with Crippen molar-refractivity contribution in [1.82, 2.24) is 10.6 Å². The van der Waals surface area contributed by atoms with Crippen molar-refractivity contribution in [3.63, 3.8) is 0 Å². The number of amides is 3. The Morgan fingerprint density at radius 2 is 1.72 bits per heavy atom. The maximum absolute atomic E-state index is 11.8. The predicted molar refractivity (Wildman–Crippen MR) is 63.7 cm³/mol. The smallest absolute Gasteiger partial charge is 0.312 e. The minimum atomic E-state index is -0.831. The normalized spacial score (nSPS) is 23.1. The van der Waals surface area contributed by atoms with E-state index in [4.69, 9.17) is 10.8 Å². The first kappa shape index (κ1) is 14.3. The van der Waals surface area contributed by atoms with Crippen LogP contribution < -0.4 is 16.4 Å². The molecule has 0 saturated heterocycles. The summed E-state index contributed by atoms with van der Waals surface area (Å²) in [7, 11) is 0. The molecule has 18 heavy (non-hydrogen) atoms. The monoisotopic (exact) mass is 257 g/mol. The third kappa shape index (κ3) is 4.60. The number of carboxylic acids is 1. The van der Waals surface area contributed by atoms with Gasteiger partial charge in [0.2, 0.25) is 5.91 Å². The second-order valence-corrected chi connectivity index (χ2v) is 4.48. The number of nitrogens with two attached hydrogens (primary N) is 1. The zero-order valence-electron chi connectivity index (χ0n) is 10.1. The molecule has 2 unspecified atom stereocenters. The average Bonchev–Trinajstić information content (AvgIpc) is 2.34. The minimum absolute atomic E-state index is 0.146. The second-order valence-electron chi connectivity index (χ2n) is 4.48. The summed E-state index contributed by atoms with van der Waals surface area (Å²) >= 11 is 0. The quantitative estimate of drug-likeness (QED) is 0.503. The standard InChI is InChI=1S/C11H19N3O4/c12-11(18)14-5-4-13-9(15)7-2-1-3-8(6-7)10(16)17/h7-8H,1-6H2,(H,13,15)(H,16,17)(H3,12,14,18). The van der Waals surface area contributed by atoms with Gasteiger partial charge in [-0.2, -0.15) is 0 Å². The van der Waals surface area contributed by atoms with Crippen molar-refractivity contribution in [1.29, 1.82) is 0 Å². The summed E-state index contributed by atoms with van der Waals surface area (Å²) in [6, 6.07) is -0.632. The molecule has 7 heteroatoms. The Kier molecular flexibility index (Phi) is 5.41. The third-order valence-electron chi connectivity index (χ3n) is 3.12. The molecular formula is C11H19N3O4. The lowest BCUT2D eigenvalue weighted by molar-refractivity contribution is -0.144. The van der Waals surface area contributed by atoms with Crippen LogP contribution in [0.1, 0.15) is 25.7 Å². The lowest BCUT2D eigenvalue weighted by atomic mass is 9.81. The first-order chi connectivity index (χ1) is 8.50. The van der Waals surface area contributed by atoms with E-state index in [9.17, 15) is 14.4 Å². The Morgan fingerprint density at radius 3 is 2.33 bits per heavy atom. The van der Waals surface area contributed by atoms with E-state index < -0.39 is 17.9 Å². The number of carbonyl (C=O) groups is 3. The van der Waals surface area contributed by atoms with Crippen LogP contribution in [0.3, 0.4) is 0 Å². The van der Waals surface area contributed by atoms with Gasteiger partial charge in [-0.15, -0.1) is 0 Å². The molecule has 5 N–H and O–H groups in total. The van der Waals surface area contributed by atoms with Crippen molar-refractivity contribution < 1.29 is 19.5 Å². The largest absolute Gasteiger partial charge is 0.481 e. The van der Waals surface area contributed by atoms with E-state index in [1.807, 2.05) is 0 Å². The Hall–Kier alpha value is -1.79. The van der Waals surface area contributed by atoms with Crippen molar-refractivity contribution in [2.75, 3.05) is 13.1 Å². The van der Waals surface area contributed by atoms with Crippen LogP contribution in [0.15, 0.2) is 0 Å². The van der Waals surface area contributed by atoms with E-state index in [1.54, 1.807) is 0 Å². The summed E-state index contributed by atoms with van der Waals surface area (Å²) in [4.78, 5) is 33.0. The molecule has 7 nitrogen and oxygen atoms in total. The number of carbonyl (C=O) groups excluding carboxylic acids is 2. The van der Waals surface area contributed by atoms with Gasteiger partial charge in [0, 0.05) is 19.0 Å². The van der Waals surface area contributed by atoms with Gasteiger partial charge in [-0.05, 0) is 19.3 Å². The Morgan fingerprint density at radius 1 is 1.11 bits per heavy atom. The van der Waals surface area contributed by atoms with Gasteiger partial charge < -0.3 is 21.5 Å². The van der Waals surface area contributed by atoms with Gasteiger partial charge in [0.1, 0.15) is 0 Å². The molecule has 0 heterocycles. The van der Waals surface area contributed by atoms with E-state index in [0.29, 0.717) is 19.4 Å². The molecule has 2 atom stereocenters.